The van der Waals surface area contributed by atoms with E-state index < -0.39 is 0 Å². The zero-order chi connectivity index (χ0) is 18.4. The van der Waals surface area contributed by atoms with Crippen LogP contribution in [0.3, 0.4) is 0 Å². The molecule has 1 aliphatic rings. The lowest BCUT2D eigenvalue weighted by atomic mass is 9.92. The van der Waals surface area contributed by atoms with Crippen molar-refractivity contribution in [1.82, 2.24) is 24.5 Å². The number of H-pyrrole nitrogens is 1. The van der Waals surface area contributed by atoms with Crippen molar-refractivity contribution in [1.29, 1.82) is 0 Å². The van der Waals surface area contributed by atoms with Crippen LogP contribution in [-0.4, -0.2) is 36.6 Å². The maximum atomic E-state index is 6.03. The van der Waals surface area contributed by atoms with E-state index in [-0.39, 0.29) is 24.8 Å². The number of aryl methyl sites for hydroxylation is 1. The fraction of sp³-hybridized carbons (Fsp3) is 0.350. The van der Waals surface area contributed by atoms with E-state index in [0.29, 0.717) is 18.0 Å². The van der Waals surface area contributed by atoms with E-state index in [2.05, 4.69) is 56.0 Å². The number of nitrogens with zero attached hydrogens (tertiary/aromatic N) is 4. The first kappa shape index (κ1) is 21.4. The Morgan fingerprint density at radius 1 is 1.10 bits per heavy atom. The Morgan fingerprint density at radius 2 is 1.86 bits per heavy atom. The number of imidazole rings is 1. The van der Waals surface area contributed by atoms with E-state index in [0.717, 1.165) is 53.9 Å². The highest BCUT2D eigenvalue weighted by molar-refractivity contribution is 5.87. The number of benzene rings is 1. The zero-order valence-electron chi connectivity index (χ0n) is 16.1. The van der Waals surface area contributed by atoms with Gasteiger partial charge in [0.15, 0.2) is 17.0 Å². The first-order valence-corrected chi connectivity index (χ1v) is 9.50. The molecule has 3 aromatic heterocycles. The van der Waals surface area contributed by atoms with Gasteiger partial charge in [0.25, 0.3) is 0 Å². The van der Waals surface area contributed by atoms with Crippen molar-refractivity contribution in [3.05, 3.63) is 42.4 Å². The summed E-state index contributed by atoms with van der Waals surface area (Å²) in [5, 5.41) is 4.70. The third-order valence-electron chi connectivity index (χ3n) is 5.47. The number of nitrogens with two attached hydrogens (primary N) is 1. The molecule has 29 heavy (non-hydrogen) atoms. The fourth-order valence-electron chi connectivity index (χ4n) is 4.06. The van der Waals surface area contributed by atoms with E-state index >= 15 is 0 Å². The first-order chi connectivity index (χ1) is 13.2. The number of hydrogen-bond donors (Lipinski definition) is 3. The Labute approximate surface area is 181 Å². The van der Waals surface area contributed by atoms with Gasteiger partial charge in [-0.1, -0.05) is 18.2 Å². The highest BCUT2D eigenvalue weighted by Gasteiger charge is 2.21. The molecular weight excluding hydrogens is 409 g/mol. The van der Waals surface area contributed by atoms with Crippen molar-refractivity contribution in [2.45, 2.75) is 44.7 Å². The molecule has 7 nitrogen and oxygen atoms in total. The summed E-state index contributed by atoms with van der Waals surface area (Å²) in [6.45, 7) is 2.09. The molecule has 3 heterocycles. The molecule has 0 amide bonds. The van der Waals surface area contributed by atoms with Gasteiger partial charge in [-0.05, 0) is 44.7 Å². The smallest absolute Gasteiger partial charge is 0.227 e. The van der Waals surface area contributed by atoms with E-state index in [1.54, 1.807) is 6.33 Å². The molecule has 1 aromatic carbocycles. The van der Waals surface area contributed by atoms with Gasteiger partial charge < -0.3 is 16.0 Å². The highest BCUT2D eigenvalue weighted by atomic mass is 35.5. The lowest BCUT2D eigenvalue weighted by molar-refractivity contribution is 0.410. The number of rotatable bonds is 3. The topological polar surface area (TPSA) is 97.4 Å². The summed E-state index contributed by atoms with van der Waals surface area (Å²) in [5.74, 6) is 1.44. The van der Waals surface area contributed by atoms with Crippen LogP contribution in [0.1, 0.15) is 31.4 Å². The summed E-state index contributed by atoms with van der Waals surface area (Å²) in [4.78, 5) is 17.1. The number of aromatic nitrogens is 5. The van der Waals surface area contributed by atoms with Gasteiger partial charge in [-0.3, -0.25) is 4.57 Å². The highest BCUT2D eigenvalue weighted by Crippen LogP contribution is 2.28. The van der Waals surface area contributed by atoms with Gasteiger partial charge in [0.1, 0.15) is 0 Å². The predicted molar refractivity (Wildman–Crippen MR) is 122 cm³/mol. The molecule has 0 spiro atoms. The van der Waals surface area contributed by atoms with Crippen LogP contribution in [0, 0.1) is 6.92 Å². The number of nitrogens with one attached hydrogen (secondary N) is 2. The molecule has 4 N–H and O–H groups in total. The monoisotopic (exact) mass is 433 g/mol. The predicted octanol–water partition coefficient (Wildman–Crippen LogP) is 4.13. The normalized spacial score (nSPS) is 19.0. The van der Waals surface area contributed by atoms with Crippen LogP contribution in [0.5, 0.6) is 0 Å². The van der Waals surface area contributed by atoms with Crippen molar-refractivity contribution in [3.8, 4) is 5.82 Å². The molecule has 9 heteroatoms. The Kier molecular flexibility index (Phi) is 6.31. The van der Waals surface area contributed by atoms with Crippen molar-refractivity contribution in [3.63, 3.8) is 0 Å². The summed E-state index contributed by atoms with van der Waals surface area (Å²) >= 11 is 0. The molecule has 1 aliphatic carbocycles. The van der Waals surface area contributed by atoms with Crippen molar-refractivity contribution in [2.24, 2.45) is 5.73 Å². The van der Waals surface area contributed by atoms with Crippen molar-refractivity contribution in [2.75, 3.05) is 5.32 Å². The molecule has 1 fully saturated rings. The Hall–Kier alpha value is -2.35. The van der Waals surface area contributed by atoms with Gasteiger partial charge in [0.2, 0.25) is 5.95 Å². The van der Waals surface area contributed by atoms with Crippen LogP contribution >= 0.6 is 24.8 Å². The quantitative estimate of drug-likeness (QED) is 0.451. The molecule has 0 radical (unpaired) electrons. The maximum absolute atomic E-state index is 6.03. The Bertz CT molecular complexity index is 1110. The standard InChI is InChI=1S/C20H23N7.2ClH/c1-12-10-13-4-2-3-5-16(13)27(12)19-17-18(23-11-22-17)25-20(26-19)24-15-8-6-14(21)7-9-15;;/h2-5,10-11,14-15H,6-9,21H2,1H3,(H2,22,23,24,25,26);2*1H. The Morgan fingerprint density at radius 3 is 2.66 bits per heavy atom. The lowest BCUT2D eigenvalue weighted by Gasteiger charge is -2.26. The summed E-state index contributed by atoms with van der Waals surface area (Å²) in [6, 6.07) is 11.2. The number of anilines is 1. The fourth-order valence-corrected chi connectivity index (χ4v) is 4.06. The number of aromatic amines is 1. The van der Waals surface area contributed by atoms with Crippen molar-refractivity contribution >= 4 is 52.8 Å². The summed E-state index contributed by atoms with van der Waals surface area (Å²) in [5.41, 5.74) is 9.79. The molecule has 0 bridgehead atoms. The largest absolute Gasteiger partial charge is 0.351 e. The minimum atomic E-state index is 0. The van der Waals surface area contributed by atoms with Crippen LogP contribution in [0.25, 0.3) is 27.9 Å². The number of para-hydroxylation sites is 1. The summed E-state index contributed by atoms with van der Waals surface area (Å²) in [6.07, 6.45) is 5.85. The molecule has 0 saturated heterocycles. The van der Waals surface area contributed by atoms with Gasteiger partial charge in [-0.2, -0.15) is 9.97 Å². The number of fused-ring (bicyclic) bond motifs is 2. The molecule has 0 unspecified atom stereocenters. The van der Waals surface area contributed by atoms with E-state index in [1.807, 2.05) is 6.07 Å². The SMILES string of the molecule is Cc1cc2ccccc2n1-c1nc(NC2CCC(N)CC2)nc2[nH]cnc12.Cl.Cl. The Balaban J connectivity index is 0.00000120. The van der Waals surface area contributed by atoms with Gasteiger partial charge in [0, 0.05) is 23.2 Å². The minimum absolute atomic E-state index is 0. The lowest BCUT2D eigenvalue weighted by Crippen LogP contribution is -2.33. The molecule has 4 aromatic rings. The second-order valence-corrected chi connectivity index (χ2v) is 7.41. The molecule has 154 valence electrons. The third-order valence-corrected chi connectivity index (χ3v) is 5.47. The second kappa shape index (κ2) is 8.57. The van der Waals surface area contributed by atoms with Gasteiger partial charge in [0.05, 0.1) is 11.8 Å². The van der Waals surface area contributed by atoms with E-state index in [1.165, 1.54) is 5.39 Å². The zero-order valence-corrected chi connectivity index (χ0v) is 17.8. The van der Waals surface area contributed by atoms with Gasteiger partial charge in [-0.25, -0.2) is 4.98 Å². The first-order valence-electron chi connectivity index (χ1n) is 9.50. The average Bonchev–Trinajstić information content (AvgIpc) is 3.26. The van der Waals surface area contributed by atoms with Crippen LogP contribution in [0.4, 0.5) is 5.95 Å². The van der Waals surface area contributed by atoms with Crippen LogP contribution in [0.15, 0.2) is 36.7 Å². The second-order valence-electron chi connectivity index (χ2n) is 7.41. The third kappa shape index (κ3) is 3.90. The molecule has 5 rings (SSSR count). The van der Waals surface area contributed by atoms with Gasteiger partial charge >= 0.3 is 0 Å². The van der Waals surface area contributed by atoms with Crippen molar-refractivity contribution < 1.29 is 0 Å². The maximum Gasteiger partial charge on any atom is 0.227 e. The molecule has 0 aliphatic heterocycles. The van der Waals surface area contributed by atoms with Crippen LogP contribution in [0.2, 0.25) is 0 Å². The summed E-state index contributed by atoms with van der Waals surface area (Å²) < 4.78 is 2.15. The average molecular weight is 434 g/mol. The number of hydrogen-bond acceptors (Lipinski definition) is 5. The molecule has 0 atom stereocenters. The van der Waals surface area contributed by atoms with Crippen LogP contribution < -0.4 is 11.1 Å². The summed E-state index contributed by atoms with van der Waals surface area (Å²) in [7, 11) is 0. The van der Waals surface area contributed by atoms with Gasteiger partial charge in [-0.15, -0.1) is 24.8 Å². The van der Waals surface area contributed by atoms with E-state index in [9.17, 15) is 0 Å². The molecule has 1 saturated carbocycles. The molecular formula is C20H25Cl2N7. The minimum Gasteiger partial charge on any atom is -0.351 e. The number of halogens is 2. The van der Waals surface area contributed by atoms with E-state index in [4.69, 9.17) is 10.7 Å². The van der Waals surface area contributed by atoms with Crippen LogP contribution in [-0.2, 0) is 0 Å².